The summed E-state index contributed by atoms with van der Waals surface area (Å²) in [5, 5.41) is 14.0. The number of benzene rings is 1. The Morgan fingerprint density at radius 1 is 1.36 bits per heavy atom. The second-order valence-electron chi connectivity index (χ2n) is 5.72. The number of nitrogens with one attached hydrogen (secondary N) is 1. The number of carbonyl (C=O) groups excluding carboxylic acids is 1. The third-order valence-corrected chi connectivity index (χ3v) is 4.36. The maximum absolute atomic E-state index is 14.4. The van der Waals surface area contributed by atoms with Gasteiger partial charge in [0, 0.05) is 44.5 Å². The zero-order chi connectivity index (χ0) is 19.0. The van der Waals surface area contributed by atoms with Gasteiger partial charge in [0.25, 0.3) is 5.91 Å². The van der Waals surface area contributed by atoms with Crippen LogP contribution in [-0.4, -0.2) is 46.9 Å². The van der Waals surface area contributed by atoms with Crippen LogP contribution in [0.15, 0.2) is 23.4 Å². The first-order chi connectivity index (χ1) is 11.6. The van der Waals surface area contributed by atoms with Gasteiger partial charge >= 0.3 is 5.69 Å². The fourth-order valence-corrected chi connectivity index (χ4v) is 2.76. The molecule has 0 saturated heterocycles. The Kier molecular flexibility index (Phi) is 5.02. The Hall–Kier alpha value is -2.62. The average molecular weight is 370 g/mol. The molecule has 0 bridgehead atoms. The lowest BCUT2D eigenvalue weighted by atomic mass is 9.93. The summed E-state index contributed by atoms with van der Waals surface area (Å²) in [4.78, 5) is 25.4. The molecule has 0 saturated carbocycles. The summed E-state index contributed by atoms with van der Waals surface area (Å²) < 4.78 is 28.0. The van der Waals surface area contributed by atoms with Crippen molar-refractivity contribution in [1.82, 2.24) is 15.1 Å². The summed E-state index contributed by atoms with van der Waals surface area (Å²) >= 11 is 5.17. The van der Waals surface area contributed by atoms with E-state index in [1.807, 2.05) is 0 Å². The molecule has 1 aromatic carbocycles. The van der Waals surface area contributed by atoms with Gasteiger partial charge in [-0.05, 0) is 19.1 Å². The zero-order valence-electron chi connectivity index (χ0n) is 14.0. The maximum atomic E-state index is 14.4. The molecule has 0 spiro atoms. The predicted octanol–water partition coefficient (Wildman–Crippen LogP) is 2.10. The molecule has 0 radical (unpaired) electrons. The minimum Gasteiger partial charge on any atom is -0.351 e. The van der Waals surface area contributed by atoms with Crippen molar-refractivity contribution in [2.75, 3.05) is 21.1 Å². The monoisotopic (exact) mass is 370 g/mol. The molecule has 1 aliphatic heterocycles. The number of nitro benzene ring substituents is 1. The van der Waals surface area contributed by atoms with Crippen molar-refractivity contribution >= 4 is 28.9 Å². The molecule has 7 nitrogen and oxygen atoms in total. The summed E-state index contributed by atoms with van der Waals surface area (Å²) in [5.41, 5.74) is -0.467. The highest BCUT2D eigenvalue weighted by Crippen LogP contribution is 2.34. The van der Waals surface area contributed by atoms with Crippen LogP contribution >= 0.6 is 12.2 Å². The van der Waals surface area contributed by atoms with Crippen LogP contribution in [0.5, 0.6) is 0 Å². The number of hydrogen-bond acceptors (Lipinski definition) is 4. The van der Waals surface area contributed by atoms with E-state index in [0.29, 0.717) is 11.8 Å². The fraction of sp³-hybridized carbons (Fsp3) is 0.333. The van der Waals surface area contributed by atoms with Gasteiger partial charge in [0.15, 0.2) is 5.11 Å². The van der Waals surface area contributed by atoms with E-state index >= 15 is 0 Å². The number of halogens is 2. The lowest BCUT2D eigenvalue weighted by Gasteiger charge is -2.36. The van der Waals surface area contributed by atoms with E-state index in [-0.39, 0.29) is 16.2 Å². The SMILES string of the molecule is CC1=C(C(=O)N(C)C)C(c2cc([N+](=O)[O-])c(F)cc2F)NC(=S)N1C. The molecule has 1 aromatic rings. The van der Waals surface area contributed by atoms with Crippen LogP contribution in [0.3, 0.4) is 0 Å². The van der Waals surface area contributed by atoms with Crippen LogP contribution in [0.1, 0.15) is 18.5 Å². The Labute approximate surface area is 148 Å². The summed E-state index contributed by atoms with van der Waals surface area (Å²) in [6.07, 6.45) is 0. The van der Waals surface area contributed by atoms with E-state index < -0.39 is 34.2 Å². The highest BCUT2D eigenvalue weighted by Gasteiger charge is 2.36. The maximum Gasteiger partial charge on any atom is 0.305 e. The van der Waals surface area contributed by atoms with Gasteiger partial charge in [-0.1, -0.05) is 0 Å². The summed E-state index contributed by atoms with van der Waals surface area (Å²) in [7, 11) is 4.68. The van der Waals surface area contributed by atoms with Crippen LogP contribution < -0.4 is 5.32 Å². The van der Waals surface area contributed by atoms with Crippen LogP contribution in [0.4, 0.5) is 14.5 Å². The Bertz CT molecular complexity index is 810. The molecule has 10 heteroatoms. The van der Waals surface area contributed by atoms with Crippen LogP contribution in [-0.2, 0) is 4.79 Å². The van der Waals surface area contributed by atoms with E-state index in [1.165, 1.54) is 19.0 Å². The highest BCUT2D eigenvalue weighted by molar-refractivity contribution is 7.80. The minimum atomic E-state index is -1.29. The van der Waals surface area contributed by atoms with Crippen LogP contribution in [0.25, 0.3) is 0 Å². The number of hydrogen-bond donors (Lipinski definition) is 1. The van der Waals surface area contributed by atoms with Crippen molar-refractivity contribution in [3.05, 3.63) is 50.7 Å². The van der Waals surface area contributed by atoms with E-state index in [1.54, 1.807) is 18.9 Å². The third-order valence-electron chi connectivity index (χ3n) is 3.96. The molecular weight excluding hydrogens is 354 g/mol. The van der Waals surface area contributed by atoms with Crippen molar-refractivity contribution in [3.8, 4) is 0 Å². The summed E-state index contributed by atoms with van der Waals surface area (Å²) in [5.74, 6) is -2.72. The van der Waals surface area contributed by atoms with E-state index in [2.05, 4.69) is 5.32 Å². The minimum absolute atomic E-state index is 0.168. The molecule has 0 aromatic heterocycles. The van der Waals surface area contributed by atoms with Crippen molar-refractivity contribution in [1.29, 1.82) is 0 Å². The number of rotatable bonds is 3. The molecule has 0 aliphatic carbocycles. The third kappa shape index (κ3) is 3.29. The van der Waals surface area contributed by atoms with Gasteiger partial charge in [0.05, 0.1) is 16.5 Å². The zero-order valence-corrected chi connectivity index (χ0v) is 14.8. The van der Waals surface area contributed by atoms with Gasteiger partial charge < -0.3 is 15.1 Å². The molecule has 1 aliphatic rings. The van der Waals surface area contributed by atoms with Crippen molar-refractivity contribution in [3.63, 3.8) is 0 Å². The Morgan fingerprint density at radius 3 is 2.48 bits per heavy atom. The topological polar surface area (TPSA) is 78.7 Å². The summed E-state index contributed by atoms with van der Waals surface area (Å²) in [6.45, 7) is 1.63. The van der Waals surface area contributed by atoms with Gasteiger partial charge in [-0.15, -0.1) is 0 Å². The largest absolute Gasteiger partial charge is 0.351 e. The number of thiocarbonyl (C=S) groups is 1. The van der Waals surface area contributed by atoms with E-state index in [9.17, 15) is 23.7 Å². The molecule has 2 rings (SSSR count). The first-order valence-electron chi connectivity index (χ1n) is 7.16. The van der Waals surface area contributed by atoms with Crippen LogP contribution in [0, 0.1) is 21.7 Å². The molecule has 25 heavy (non-hydrogen) atoms. The number of likely N-dealkylation sites (N-methyl/N-ethyl adjacent to an activating group) is 1. The molecule has 1 unspecified atom stereocenters. The average Bonchev–Trinajstić information content (AvgIpc) is 2.51. The highest BCUT2D eigenvalue weighted by atomic mass is 32.1. The predicted molar refractivity (Wildman–Crippen MR) is 90.6 cm³/mol. The first kappa shape index (κ1) is 18.7. The van der Waals surface area contributed by atoms with E-state index in [0.717, 1.165) is 6.07 Å². The lowest BCUT2D eigenvalue weighted by Crippen LogP contribution is -2.47. The number of nitro groups is 1. The lowest BCUT2D eigenvalue weighted by molar-refractivity contribution is -0.387. The number of amides is 1. The molecule has 1 N–H and O–H groups in total. The molecule has 1 heterocycles. The Balaban J connectivity index is 2.71. The summed E-state index contributed by atoms with van der Waals surface area (Å²) in [6, 6.07) is 0.147. The number of nitrogens with zero attached hydrogens (tertiary/aromatic N) is 3. The quantitative estimate of drug-likeness (QED) is 0.499. The molecule has 134 valence electrons. The van der Waals surface area contributed by atoms with Crippen LogP contribution in [0.2, 0.25) is 0 Å². The second-order valence-corrected chi connectivity index (χ2v) is 6.11. The van der Waals surface area contributed by atoms with E-state index in [4.69, 9.17) is 12.2 Å². The molecule has 1 atom stereocenters. The fourth-order valence-electron chi connectivity index (χ4n) is 2.50. The number of allylic oxidation sites excluding steroid dienone is 1. The smallest absolute Gasteiger partial charge is 0.305 e. The normalized spacial score (nSPS) is 17.4. The van der Waals surface area contributed by atoms with Gasteiger partial charge in [-0.2, -0.15) is 4.39 Å². The molecular formula is C15H16F2N4O3S. The standard InChI is InChI=1S/C15H16F2N4O3S/c1-7-12(14(22)19(2)3)13(18-15(25)20(7)4)8-5-11(21(23)24)10(17)6-9(8)16/h5-6,13H,1-4H3,(H,18,25). The number of carbonyl (C=O) groups is 1. The molecule has 0 fully saturated rings. The van der Waals surface area contributed by atoms with Gasteiger partial charge in [0.1, 0.15) is 5.82 Å². The second kappa shape index (κ2) is 6.71. The van der Waals surface area contributed by atoms with Crippen molar-refractivity contribution in [2.24, 2.45) is 0 Å². The van der Waals surface area contributed by atoms with Crippen molar-refractivity contribution < 1.29 is 18.5 Å². The first-order valence-corrected chi connectivity index (χ1v) is 7.57. The molecule has 1 amide bonds. The van der Waals surface area contributed by atoms with Gasteiger partial charge in [0.2, 0.25) is 5.82 Å². The Morgan fingerprint density at radius 2 is 1.96 bits per heavy atom. The van der Waals surface area contributed by atoms with Gasteiger partial charge in [-0.3, -0.25) is 14.9 Å². The van der Waals surface area contributed by atoms with Crippen molar-refractivity contribution in [2.45, 2.75) is 13.0 Å². The van der Waals surface area contributed by atoms with Gasteiger partial charge in [-0.25, -0.2) is 4.39 Å².